The number of fused-ring (bicyclic) bond motifs is 1. The second-order valence-corrected chi connectivity index (χ2v) is 3.67. The zero-order valence-corrected chi connectivity index (χ0v) is 8.99. The SMILES string of the molecule is Cc1cccc2[nH]c(=O)n(CCN)c(=O)c12. The average molecular weight is 219 g/mol. The van der Waals surface area contributed by atoms with Crippen molar-refractivity contribution in [3.05, 3.63) is 44.6 Å². The van der Waals surface area contributed by atoms with Crippen molar-refractivity contribution in [2.24, 2.45) is 5.73 Å². The molecule has 0 amide bonds. The van der Waals surface area contributed by atoms with Crippen LogP contribution in [-0.4, -0.2) is 16.1 Å². The average Bonchev–Trinajstić information content (AvgIpc) is 2.24. The van der Waals surface area contributed by atoms with Gasteiger partial charge in [0.2, 0.25) is 0 Å². The smallest absolute Gasteiger partial charge is 0.328 e. The predicted octanol–water partition coefficient (Wildman–Crippen LogP) is -0.0431. The molecule has 3 N–H and O–H groups in total. The van der Waals surface area contributed by atoms with Crippen molar-refractivity contribution in [1.82, 2.24) is 9.55 Å². The van der Waals surface area contributed by atoms with Crippen LogP contribution in [-0.2, 0) is 6.54 Å². The molecule has 0 spiro atoms. The van der Waals surface area contributed by atoms with Gasteiger partial charge in [-0.25, -0.2) is 4.79 Å². The molecule has 0 aliphatic heterocycles. The Morgan fingerprint density at radius 3 is 2.81 bits per heavy atom. The third kappa shape index (κ3) is 1.55. The van der Waals surface area contributed by atoms with Crippen molar-refractivity contribution in [2.75, 3.05) is 6.54 Å². The molecule has 0 aliphatic rings. The largest absolute Gasteiger partial charge is 0.329 e. The highest BCUT2D eigenvalue weighted by atomic mass is 16.2. The van der Waals surface area contributed by atoms with Gasteiger partial charge in [-0.3, -0.25) is 9.36 Å². The molecule has 0 aliphatic carbocycles. The van der Waals surface area contributed by atoms with E-state index < -0.39 is 5.69 Å². The van der Waals surface area contributed by atoms with E-state index in [1.807, 2.05) is 13.0 Å². The van der Waals surface area contributed by atoms with E-state index in [1.54, 1.807) is 12.1 Å². The van der Waals surface area contributed by atoms with Gasteiger partial charge in [-0.15, -0.1) is 0 Å². The van der Waals surface area contributed by atoms with Crippen molar-refractivity contribution in [1.29, 1.82) is 0 Å². The maximum absolute atomic E-state index is 12.0. The van der Waals surface area contributed by atoms with Crippen molar-refractivity contribution in [3.8, 4) is 0 Å². The molecular weight excluding hydrogens is 206 g/mol. The minimum Gasteiger partial charge on any atom is -0.329 e. The normalized spacial score (nSPS) is 10.9. The van der Waals surface area contributed by atoms with E-state index in [0.717, 1.165) is 10.1 Å². The number of nitrogens with zero attached hydrogens (tertiary/aromatic N) is 1. The topological polar surface area (TPSA) is 80.9 Å². The molecule has 84 valence electrons. The van der Waals surface area contributed by atoms with E-state index >= 15 is 0 Å². The molecule has 5 heteroatoms. The number of nitrogens with two attached hydrogens (primary N) is 1. The molecule has 2 aromatic rings. The van der Waals surface area contributed by atoms with Gasteiger partial charge in [0.15, 0.2) is 0 Å². The summed E-state index contributed by atoms with van der Waals surface area (Å²) in [7, 11) is 0. The molecule has 0 unspecified atom stereocenters. The summed E-state index contributed by atoms with van der Waals surface area (Å²) in [6, 6.07) is 5.37. The number of aryl methyl sites for hydroxylation is 1. The van der Waals surface area contributed by atoms with Gasteiger partial charge in [0.1, 0.15) is 0 Å². The zero-order chi connectivity index (χ0) is 11.7. The summed E-state index contributed by atoms with van der Waals surface area (Å²) in [5.41, 5.74) is 6.11. The highest BCUT2D eigenvalue weighted by Gasteiger charge is 2.08. The maximum Gasteiger partial charge on any atom is 0.328 e. The molecule has 0 bridgehead atoms. The van der Waals surface area contributed by atoms with Crippen LogP contribution in [0.3, 0.4) is 0 Å². The molecule has 5 nitrogen and oxygen atoms in total. The lowest BCUT2D eigenvalue weighted by atomic mass is 10.1. The first-order chi connectivity index (χ1) is 7.65. The summed E-state index contributed by atoms with van der Waals surface area (Å²) in [4.78, 5) is 26.3. The Balaban J connectivity index is 2.92. The fraction of sp³-hybridized carbons (Fsp3) is 0.273. The van der Waals surface area contributed by atoms with Crippen LogP contribution < -0.4 is 17.0 Å². The van der Waals surface area contributed by atoms with Gasteiger partial charge in [0, 0.05) is 13.1 Å². The summed E-state index contributed by atoms with van der Waals surface area (Å²) >= 11 is 0. The third-order valence-electron chi connectivity index (χ3n) is 2.57. The minimum atomic E-state index is -0.409. The van der Waals surface area contributed by atoms with Gasteiger partial charge in [0.05, 0.1) is 10.9 Å². The number of rotatable bonds is 2. The lowest BCUT2D eigenvalue weighted by Gasteiger charge is -2.06. The summed E-state index contributed by atoms with van der Waals surface area (Å²) in [5.74, 6) is 0. The van der Waals surface area contributed by atoms with Crippen LogP contribution >= 0.6 is 0 Å². The van der Waals surface area contributed by atoms with E-state index in [9.17, 15) is 9.59 Å². The molecule has 0 fully saturated rings. The molecule has 1 aromatic heterocycles. The van der Waals surface area contributed by atoms with Crippen LogP contribution in [0.2, 0.25) is 0 Å². The lowest BCUT2D eigenvalue weighted by Crippen LogP contribution is -2.37. The van der Waals surface area contributed by atoms with Gasteiger partial charge in [-0.1, -0.05) is 12.1 Å². The number of hydrogen-bond donors (Lipinski definition) is 2. The van der Waals surface area contributed by atoms with E-state index in [2.05, 4.69) is 4.98 Å². The first kappa shape index (κ1) is 10.6. The lowest BCUT2D eigenvalue weighted by molar-refractivity contribution is 0.646. The number of hydrogen-bond acceptors (Lipinski definition) is 3. The number of nitrogens with one attached hydrogen (secondary N) is 1. The Hall–Kier alpha value is -1.88. The predicted molar refractivity (Wildman–Crippen MR) is 62.6 cm³/mol. The Morgan fingerprint density at radius 2 is 2.12 bits per heavy atom. The first-order valence-electron chi connectivity index (χ1n) is 5.07. The Morgan fingerprint density at radius 1 is 1.38 bits per heavy atom. The van der Waals surface area contributed by atoms with Gasteiger partial charge in [-0.2, -0.15) is 0 Å². The van der Waals surface area contributed by atoms with Gasteiger partial charge in [0.25, 0.3) is 5.56 Å². The van der Waals surface area contributed by atoms with Crippen molar-refractivity contribution < 1.29 is 0 Å². The Labute approximate surface area is 91.5 Å². The molecule has 16 heavy (non-hydrogen) atoms. The highest BCUT2D eigenvalue weighted by Crippen LogP contribution is 2.09. The standard InChI is InChI=1S/C11H13N3O2/c1-7-3-2-4-8-9(7)10(15)14(6-5-12)11(16)13-8/h2-4H,5-6,12H2,1H3,(H,13,16). The molecule has 1 heterocycles. The van der Waals surface area contributed by atoms with E-state index in [-0.39, 0.29) is 18.6 Å². The third-order valence-corrected chi connectivity index (χ3v) is 2.57. The van der Waals surface area contributed by atoms with Gasteiger partial charge in [-0.05, 0) is 18.6 Å². The van der Waals surface area contributed by atoms with Crippen molar-refractivity contribution in [2.45, 2.75) is 13.5 Å². The summed E-state index contributed by atoms with van der Waals surface area (Å²) in [5, 5.41) is 0.551. The Bertz CT molecular complexity index is 640. The first-order valence-corrected chi connectivity index (χ1v) is 5.07. The molecule has 1 aromatic carbocycles. The van der Waals surface area contributed by atoms with Crippen LogP contribution in [0.15, 0.2) is 27.8 Å². The number of H-pyrrole nitrogens is 1. The van der Waals surface area contributed by atoms with Crippen LogP contribution in [0, 0.1) is 6.92 Å². The fourth-order valence-corrected chi connectivity index (χ4v) is 1.80. The fourth-order valence-electron chi connectivity index (χ4n) is 1.80. The number of benzene rings is 1. The summed E-state index contributed by atoms with van der Waals surface area (Å²) in [6.07, 6.45) is 0. The van der Waals surface area contributed by atoms with Gasteiger partial charge < -0.3 is 10.7 Å². The second-order valence-electron chi connectivity index (χ2n) is 3.67. The molecule has 0 saturated heterocycles. The van der Waals surface area contributed by atoms with Crippen LogP contribution in [0.1, 0.15) is 5.56 Å². The number of aromatic amines is 1. The minimum absolute atomic E-state index is 0.235. The van der Waals surface area contributed by atoms with E-state index in [0.29, 0.717) is 10.9 Å². The summed E-state index contributed by atoms with van der Waals surface area (Å²) in [6.45, 7) is 2.34. The van der Waals surface area contributed by atoms with Crippen LogP contribution in [0.25, 0.3) is 10.9 Å². The molecule has 0 radical (unpaired) electrons. The van der Waals surface area contributed by atoms with Crippen molar-refractivity contribution >= 4 is 10.9 Å². The molecule has 2 rings (SSSR count). The second kappa shape index (κ2) is 3.94. The monoisotopic (exact) mass is 219 g/mol. The highest BCUT2D eigenvalue weighted by molar-refractivity contribution is 5.80. The zero-order valence-electron chi connectivity index (χ0n) is 8.99. The Kier molecular flexibility index (Phi) is 2.62. The van der Waals surface area contributed by atoms with Gasteiger partial charge >= 0.3 is 5.69 Å². The van der Waals surface area contributed by atoms with E-state index in [4.69, 9.17) is 5.73 Å². The van der Waals surface area contributed by atoms with Crippen LogP contribution in [0.4, 0.5) is 0 Å². The van der Waals surface area contributed by atoms with E-state index in [1.165, 1.54) is 0 Å². The van der Waals surface area contributed by atoms with Crippen LogP contribution in [0.5, 0.6) is 0 Å². The maximum atomic E-state index is 12.0. The number of aromatic nitrogens is 2. The summed E-state index contributed by atoms with van der Waals surface area (Å²) < 4.78 is 1.13. The molecular formula is C11H13N3O2. The quantitative estimate of drug-likeness (QED) is 0.743. The molecule has 0 saturated carbocycles. The molecule has 0 atom stereocenters. The van der Waals surface area contributed by atoms with Crippen molar-refractivity contribution in [3.63, 3.8) is 0 Å².